The molecule has 0 N–H and O–H groups in total. The van der Waals surface area contributed by atoms with Gasteiger partial charge in [-0.3, -0.25) is 4.57 Å². The van der Waals surface area contributed by atoms with Crippen LogP contribution in [0.2, 0.25) is 0 Å². The molecule has 0 spiro atoms. The fourth-order valence-electron chi connectivity index (χ4n) is 3.19. The Morgan fingerprint density at radius 2 is 1.93 bits per heavy atom. The van der Waals surface area contributed by atoms with Crippen molar-refractivity contribution in [1.82, 2.24) is 9.55 Å². The molecule has 0 bridgehead atoms. The molecular weight excluding hydrogens is 403 g/mol. The van der Waals surface area contributed by atoms with E-state index in [0.29, 0.717) is 17.7 Å². The predicted octanol–water partition coefficient (Wildman–Crippen LogP) is 4.45. The number of fused-ring (bicyclic) bond motifs is 1. The van der Waals surface area contributed by atoms with Crippen LogP contribution in [-0.2, 0) is 24.1 Å². The molecule has 1 aliphatic rings. The highest BCUT2D eigenvalue weighted by Crippen LogP contribution is 2.32. The molecule has 7 nitrogen and oxygen atoms in total. The van der Waals surface area contributed by atoms with Crippen molar-refractivity contribution in [3.05, 3.63) is 76.0 Å². The highest BCUT2D eigenvalue weighted by atomic mass is 19.4. The molecule has 0 saturated carbocycles. The number of halogens is 3. The highest BCUT2D eigenvalue weighted by Gasteiger charge is 2.30. The van der Waals surface area contributed by atoms with Gasteiger partial charge in [0.1, 0.15) is 18.9 Å². The number of hydrogen-bond donors (Lipinski definition) is 0. The molecule has 2 aromatic carbocycles. The number of nitrogens with zero attached hydrogens (tertiary/aromatic N) is 3. The lowest BCUT2D eigenvalue weighted by Crippen LogP contribution is -2.32. The second-order valence-corrected chi connectivity index (χ2v) is 6.81. The number of imidazole rings is 1. The molecule has 0 amide bonds. The average Bonchev–Trinajstić information content (AvgIpc) is 3.16. The molecule has 0 radical (unpaired) electrons. The minimum absolute atomic E-state index is 0.174. The summed E-state index contributed by atoms with van der Waals surface area (Å²) >= 11 is 0. The van der Waals surface area contributed by atoms with Crippen molar-refractivity contribution < 1.29 is 27.6 Å². The molecule has 1 atom stereocenters. The Labute approximate surface area is 168 Å². The Kier molecular flexibility index (Phi) is 5.17. The van der Waals surface area contributed by atoms with Crippen LogP contribution in [0.25, 0.3) is 11.1 Å². The molecule has 3 aromatic rings. The number of nitro groups is 1. The third-order valence-corrected chi connectivity index (χ3v) is 4.65. The van der Waals surface area contributed by atoms with Crippen molar-refractivity contribution >= 4 is 5.82 Å². The first kappa shape index (κ1) is 19.9. The van der Waals surface area contributed by atoms with Gasteiger partial charge < -0.3 is 19.6 Å². The standard InChI is InChI=1S/C20H16F3N3O4/c21-20(22,23)16-6-2-5-15(8-16)14-4-1-3-13(7-14)11-29-17-9-25-10-18(26(27)28)24-19(25)30-12-17/h1-8,10,17H,9,11-12H2/t17-/m0/s1. The second-order valence-electron chi connectivity index (χ2n) is 6.81. The Hall–Kier alpha value is -3.40. The maximum Gasteiger partial charge on any atom is 0.416 e. The van der Waals surface area contributed by atoms with Gasteiger partial charge >= 0.3 is 18.0 Å². The summed E-state index contributed by atoms with van der Waals surface area (Å²) in [5.74, 6) is -0.292. The predicted molar refractivity (Wildman–Crippen MR) is 99.8 cm³/mol. The number of alkyl halides is 3. The van der Waals surface area contributed by atoms with Crippen molar-refractivity contribution in [3.8, 4) is 17.1 Å². The second kappa shape index (κ2) is 7.79. The SMILES string of the molecule is O=[N+]([O-])c1cn2c(n1)OC[C@@H](OCc1cccc(-c3cccc(C(F)(F)F)c3)c1)C2. The Morgan fingerprint density at radius 1 is 1.20 bits per heavy atom. The minimum Gasteiger partial charge on any atom is -0.443 e. The van der Waals surface area contributed by atoms with Gasteiger partial charge in [0.2, 0.25) is 0 Å². The molecule has 0 aliphatic carbocycles. The molecule has 30 heavy (non-hydrogen) atoms. The van der Waals surface area contributed by atoms with Gasteiger partial charge in [-0.05, 0) is 39.8 Å². The van der Waals surface area contributed by atoms with Gasteiger partial charge in [0.25, 0.3) is 0 Å². The van der Waals surface area contributed by atoms with E-state index in [1.807, 2.05) is 6.07 Å². The molecule has 156 valence electrons. The van der Waals surface area contributed by atoms with Crippen LogP contribution >= 0.6 is 0 Å². The van der Waals surface area contributed by atoms with E-state index >= 15 is 0 Å². The molecular formula is C20H16F3N3O4. The summed E-state index contributed by atoms with van der Waals surface area (Å²) in [6.07, 6.45) is -3.46. The monoisotopic (exact) mass is 419 g/mol. The first-order valence-electron chi connectivity index (χ1n) is 9.02. The van der Waals surface area contributed by atoms with Crippen LogP contribution in [0.5, 0.6) is 6.01 Å². The van der Waals surface area contributed by atoms with Crippen molar-refractivity contribution in [3.63, 3.8) is 0 Å². The zero-order valence-corrected chi connectivity index (χ0v) is 15.5. The fourth-order valence-corrected chi connectivity index (χ4v) is 3.19. The van der Waals surface area contributed by atoms with Crippen molar-refractivity contribution in [2.75, 3.05) is 6.61 Å². The first-order valence-corrected chi connectivity index (χ1v) is 9.02. The lowest BCUT2D eigenvalue weighted by Gasteiger charge is -2.22. The summed E-state index contributed by atoms with van der Waals surface area (Å²) < 4.78 is 51.7. The summed E-state index contributed by atoms with van der Waals surface area (Å²) in [6, 6.07) is 12.4. The number of benzene rings is 2. The summed E-state index contributed by atoms with van der Waals surface area (Å²) in [5, 5.41) is 10.8. The van der Waals surface area contributed by atoms with E-state index < -0.39 is 16.7 Å². The molecule has 1 aliphatic heterocycles. The Morgan fingerprint density at radius 3 is 2.67 bits per heavy atom. The quantitative estimate of drug-likeness (QED) is 0.451. The van der Waals surface area contributed by atoms with Crippen LogP contribution in [0.3, 0.4) is 0 Å². The number of ether oxygens (including phenoxy) is 2. The van der Waals surface area contributed by atoms with Gasteiger partial charge in [-0.2, -0.15) is 13.2 Å². The largest absolute Gasteiger partial charge is 0.443 e. The maximum absolute atomic E-state index is 13.0. The summed E-state index contributed by atoms with van der Waals surface area (Å²) in [6.45, 7) is 0.762. The van der Waals surface area contributed by atoms with Gasteiger partial charge in [0.15, 0.2) is 0 Å². The van der Waals surface area contributed by atoms with Crippen LogP contribution < -0.4 is 4.74 Å². The zero-order valence-electron chi connectivity index (χ0n) is 15.5. The fraction of sp³-hybridized carbons (Fsp3) is 0.250. The maximum atomic E-state index is 13.0. The summed E-state index contributed by atoms with van der Waals surface area (Å²) in [4.78, 5) is 14.0. The van der Waals surface area contributed by atoms with Crippen molar-refractivity contribution in [2.45, 2.75) is 25.4 Å². The van der Waals surface area contributed by atoms with E-state index in [4.69, 9.17) is 9.47 Å². The van der Waals surface area contributed by atoms with Gasteiger partial charge in [0, 0.05) is 4.98 Å². The topological polar surface area (TPSA) is 79.4 Å². The van der Waals surface area contributed by atoms with E-state index in [1.165, 1.54) is 16.8 Å². The number of rotatable bonds is 5. The molecule has 10 heteroatoms. The number of aromatic nitrogens is 2. The molecule has 0 fully saturated rings. The average molecular weight is 419 g/mol. The zero-order chi connectivity index (χ0) is 21.3. The van der Waals surface area contributed by atoms with E-state index in [2.05, 4.69) is 4.98 Å². The highest BCUT2D eigenvalue weighted by molar-refractivity contribution is 5.65. The Balaban J connectivity index is 1.44. The van der Waals surface area contributed by atoms with Crippen LogP contribution in [0.4, 0.5) is 19.0 Å². The lowest BCUT2D eigenvalue weighted by atomic mass is 10.0. The lowest BCUT2D eigenvalue weighted by molar-refractivity contribution is -0.389. The van der Waals surface area contributed by atoms with E-state index in [0.717, 1.165) is 17.7 Å². The normalized spacial score (nSPS) is 16.0. The van der Waals surface area contributed by atoms with Gasteiger partial charge in [-0.1, -0.05) is 30.3 Å². The van der Waals surface area contributed by atoms with Gasteiger partial charge in [0.05, 0.1) is 18.7 Å². The Bertz CT molecular complexity index is 1080. The van der Waals surface area contributed by atoms with E-state index in [9.17, 15) is 23.3 Å². The van der Waals surface area contributed by atoms with Crippen LogP contribution in [0.15, 0.2) is 54.7 Å². The molecule has 2 heterocycles. The summed E-state index contributed by atoms with van der Waals surface area (Å²) in [7, 11) is 0. The molecule has 4 rings (SSSR count). The van der Waals surface area contributed by atoms with Crippen LogP contribution in [0.1, 0.15) is 11.1 Å². The summed E-state index contributed by atoms with van der Waals surface area (Å²) in [5.41, 5.74) is 1.19. The van der Waals surface area contributed by atoms with Crippen molar-refractivity contribution in [1.29, 1.82) is 0 Å². The number of hydrogen-bond acceptors (Lipinski definition) is 5. The van der Waals surface area contributed by atoms with E-state index in [-0.39, 0.29) is 31.1 Å². The smallest absolute Gasteiger partial charge is 0.416 e. The molecule has 0 saturated heterocycles. The first-order chi connectivity index (χ1) is 14.3. The molecule has 0 unspecified atom stereocenters. The third-order valence-electron chi connectivity index (χ3n) is 4.65. The van der Waals surface area contributed by atoms with Gasteiger partial charge in [-0.25, -0.2) is 0 Å². The third kappa shape index (κ3) is 4.28. The van der Waals surface area contributed by atoms with Crippen LogP contribution in [0, 0.1) is 10.1 Å². The van der Waals surface area contributed by atoms with Crippen molar-refractivity contribution in [2.24, 2.45) is 0 Å². The van der Waals surface area contributed by atoms with Crippen LogP contribution in [-0.4, -0.2) is 27.2 Å². The van der Waals surface area contributed by atoms with Gasteiger partial charge in [-0.15, -0.1) is 0 Å². The van der Waals surface area contributed by atoms with E-state index in [1.54, 1.807) is 24.3 Å². The minimum atomic E-state index is -4.40. The molecule has 1 aromatic heterocycles.